The normalized spacial score (nSPS) is 10.4. The third kappa shape index (κ3) is 4.65. The van der Waals surface area contributed by atoms with Crippen molar-refractivity contribution >= 4 is 11.8 Å². The minimum Gasteiger partial charge on any atom is -0.462 e. The molecular formula is C13H14F2O4. The molecule has 0 aliphatic carbocycles. The van der Waals surface area contributed by atoms with Gasteiger partial charge < -0.3 is 9.47 Å². The van der Waals surface area contributed by atoms with Crippen LogP contribution in [0.2, 0.25) is 0 Å². The number of benzene rings is 1. The van der Waals surface area contributed by atoms with Crippen LogP contribution in [0.3, 0.4) is 0 Å². The molecule has 0 radical (unpaired) electrons. The summed E-state index contributed by atoms with van der Waals surface area (Å²) in [6, 6.07) is 3.97. The number of hydrogen-bond donors (Lipinski definition) is 0. The molecule has 0 atom stereocenters. The SMILES string of the molecule is CCOC(=O)c1ccc(CC(C)=O)c(OC(F)F)c1. The second kappa shape index (κ2) is 6.82. The number of Topliss-reactive ketones (excluding diaryl/α,β-unsaturated/α-hetero) is 1. The fraction of sp³-hybridized carbons (Fsp3) is 0.385. The lowest BCUT2D eigenvalue weighted by Crippen LogP contribution is -2.10. The zero-order valence-corrected chi connectivity index (χ0v) is 10.6. The van der Waals surface area contributed by atoms with E-state index in [0.29, 0.717) is 5.56 Å². The van der Waals surface area contributed by atoms with Crippen LogP contribution >= 0.6 is 0 Å². The van der Waals surface area contributed by atoms with Gasteiger partial charge in [0, 0.05) is 12.0 Å². The van der Waals surface area contributed by atoms with Gasteiger partial charge in [-0.05, 0) is 26.0 Å². The van der Waals surface area contributed by atoms with Gasteiger partial charge in [0.1, 0.15) is 11.5 Å². The van der Waals surface area contributed by atoms with Crippen molar-refractivity contribution in [3.05, 3.63) is 29.3 Å². The third-order valence-electron chi connectivity index (χ3n) is 2.23. The average molecular weight is 272 g/mol. The summed E-state index contributed by atoms with van der Waals surface area (Å²) in [7, 11) is 0. The van der Waals surface area contributed by atoms with Gasteiger partial charge in [-0.3, -0.25) is 4.79 Å². The molecule has 0 aliphatic rings. The molecule has 0 heterocycles. The number of esters is 1. The van der Waals surface area contributed by atoms with E-state index >= 15 is 0 Å². The predicted molar refractivity (Wildman–Crippen MR) is 63.4 cm³/mol. The molecular weight excluding hydrogens is 258 g/mol. The van der Waals surface area contributed by atoms with E-state index < -0.39 is 12.6 Å². The molecule has 1 rings (SSSR count). The molecule has 1 aromatic carbocycles. The molecule has 19 heavy (non-hydrogen) atoms. The van der Waals surface area contributed by atoms with Crippen molar-refractivity contribution in [2.45, 2.75) is 26.9 Å². The van der Waals surface area contributed by atoms with Crippen LogP contribution in [-0.4, -0.2) is 25.0 Å². The van der Waals surface area contributed by atoms with Gasteiger partial charge in [0.25, 0.3) is 0 Å². The van der Waals surface area contributed by atoms with Crippen LogP contribution in [0, 0.1) is 0 Å². The van der Waals surface area contributed by atoms with Gasteiger partial charge in [0.15, 0.2) is 0 Å². The Morgan fingerprint density at radius 3 is 2.53 bits per heavy atom. The van der Waals surface area contributed by atoms with Crippen LogP contribution in [0.4, 0.5) is 8.78 Å². The van der Waals surface area contributed by atoms with Gasteiger partial charge in [-0.1, -0.05) is 6.07 Å². The summed E-state index contributed by atoms with van der Waals surface area (Å²) >= 11 is 0. The molecule has 0 N–H and O–H groups in total. The smallest absolute Gasteiger partial charge is 0.387 e. The highest BCUT2D eigenvalue weighted by Gasteiger charge is 2.15. The summed E-state index contributed by atoms with van der Waals surface area (Å²) < 4.78 is 33.7. The maximum absolute atomic E-state index is 12.3. The number of alkyl halides is 2. The van der Waals surface area contributed by atoms with Crippen molar-refractivity contribution in [3.8, 4) is 5.75 Å². The highest BCUT2D eigenvalue weighted by molar-refractivity contribution is 5.90. The number of carbonyl (C=O) groups is 2. The van der Waals surface area contributed by atoms with Crippen LogP contribution in [0.25, 0.3) is 0 Å². The second-order valence-corrected chi connectivity index (χ2v) is 3.80. The minimum atomic E-state index is -3.02. The fourth-order valence-corrected chi connectivity index (χ4v) is 1.52. The van der Waals surface area contributed by atoms with Gasteiger partial charge in [0.05, 0.1) is 12.2 Å². The van der Waals surface area contributed by atoms with Crippen LogP contribution in [-0.2, 0) is 16.0 Å². The lowest BCUT2D eigenvalue weighted by atomic mass is 10.1. The van der Waals surface area contributed by atoms with E-state index in [4.69, 9.17) is 4.74 Å². The highest BCUT2D eigenvalue weighted by Crippen LogP contribution is 2.24. The Morgan fingerprint density at radius 2 is 2.00 bits per heavy atom. The number of ketones is 1. The van der Waals surface area contributed by atoms with Crippen molar-refractivity contribution in [2.75, 3.05) is 6.61 Å². The van der Waals surface area contributed by atoms with Gasteiger partial charge in [-0.15, -0.1) is 0 Å². The molecule has 0 aliphatic heterocycles. The minimum absolute atomic E-state index is 0.0365. The van der Waals surface area contributed by atoms with E-state index in [1.807, 2.05) is 0 Å². The highest BCUT2D eigenvalue weighted by atomic mass is 19.3. The first-order valence-corrected chi connectivity index (χ1v) is 5.68. The zero-order valence-electron chi connectivity index (χ0n) is 10.6. The van der Waals surface area contributed by atoms with Crippen LogP contribution in [0.1, 0.15) is 29.8 Å². The Balaban J connectivity index is 3.06. The van der Waals surface area contributed by atoms with Gasteiger partial charge in [0.2, 0.25) is 0 Å². The Kier molecular flexibility index (Phi) is 5.41. The first-order chi connectivity index (χ1) is 8.93. The third-order valence-corrected chi connectivity index (χ3v) is 2.23. The number of carbonyl (C=O) groups excluding carboxylic acids is 2. The Hall–Kier alpha value is -1.98. The maximum Gasteiger partial charge on any atom is 0.387 e. The van der Waals surface area contributed by atoms with E-state index in [1.165, 1.54) is 19.1 Å². The monoisotopic (exact) mass is 272 g/mol. The topological polar surface area (TPSA) is 52.6 Å². The molecule has 1 aromatic rings. The molecule has 0 fully saturated rings. The summed E-state index contributed by atoms with van der Waals surface area (Å²) in [4.78, 5) is 22.5. The molecule has 0 saturated heterocycles. The number of hydrogen-bond acceptors (Lipinski definition) is 4. The van der Waals surface area contributed by atoms with E-state index in [2.05, 4.69) is 4.74 Å². The second-order valence-electron chi connectivity index (χ2n) is 3.80. The van der Waals surface area contributed by atoms with Gasteiger partial charge >= 0.3 is 12.6 Å². The lowest BCUT2D eigenvalue weighted by molar-refractivity contribution is -0.116. The summed E-state index contributed by atoms with van der Waals surface area (Å²) in [6.45, 7) is 0.131. The largest absolute Gasteiger partial charge is 0.462 e. The van der Waals surface area contributed by atoms with Crippen molar-refractivity contribution in [3.63, 3.8) is 0 Å². The summed E-state index contributed by atoms with van der Waals surface area (Å²) in [5.41, 5.74) is 0.408. The van der Waals surface area contributed by atoms with Crippen molar-refractivity contribution in [1.29, 1.82) is 0 Å². The van der Waals surface area contributed by atoms with E-state index in [9.17, 15) is 18.4 Å². The van der Waals surface area contributed by atoms with Crippen LogP contribution in [0.15, 0.2) is 18.2 Å². The molecule has 0 spiro atoms. The fourth-order valence-electron chi connectivity index (χ4n) is 1.52. The van der Waals surface area contributed by atoms with Gasteiger partial charge in [-0.2, -0.15) is 8.78 Å². The number of halogens is 2. The zero-order chi connectivity index (χ0) is 14.4. The molecule has 0 saturated carbocycles. The molecule has 0 bridgehead atoms. The predicted octanol–water partition coefficient (Wildman–Crippen LogP) is 2.60. The summed E-state index contributed by atoms with van der Waals surface area (Å²) in [5.74, 6) is -1.00. The molecule has 0 unspecified atom stereocenters. The quantitative estimate of drug-likeness (QED) is 0.747. The molecule has 0 amide bonds. The lowest BCUT2D eigenvalue weighted by Gasteiger charge is -2.11. The average Bonchev–Trinajstić information content (AvgIpc) is 2.30. The van der Waals surface area contributed by atoms with E-state index in [-0.39, 0.29) is 30.1 Å². The van der Waals surface area contributed by atoms with Gasteiger partial charge in [-0.25, -0.2) is 4.79 Å². The first-order valence-electron chi connectivity index (χ1n) is 5.68. The first kappa shape index (κ1) is 15.1. The Bertz CT molecular complexity index is 472. The standard InChI is InChI=1S/C13H14F2O4/c1-3-18-12(17)10-5-4-9(6-8(2)16)11(7-10)19-13(14)15/h4-5,7,13H,3,6H2,1-2H3. The van der Waals surface area contributed by atoms with Crippen molar-refractivity contribution in [2.24, 2.45) is 0 Å². The molecule has 4 nitrogen and oxygen atoms in total. The molecule has 0 aromatic heterocycles. The summed E-state index contributed by atoms with van der Waals surface area (Å²) in [6.07, 6.45) is -0.0365. The molecule has 6 heteroatoms. The van der Waals surface area contributed by atoms with Crippen molar-refractivity contribution < 1.29 is 27.8 Å². The molecule has 104 valence electrons. The maximum atomic E-state index is 12.3. The van der Waals surface area contributed by atoms with Crippen molar-refractivity contribution in [1.82, 2.24) is 0 Å². The van der Waals surface area contributed by atoms with Crippen LogP contribution < -0.4 is 4.74 Å². The Morgan fingerprint density at radius 1 is 1.32 bits per heavy atom. The Labute approximate surface area is 109 Å². The number of ether oxygens (including phenoxy) is 2. The van der Waals surface area contributed by atoms with E-state index in [0.717, 1.165) is 6.07 Å². The van der Waals surface area contributed by atoms with Crippen LogP contribution in [0.5, 0.6) is 5.75 Å². The van der Waals surface area contributed by atoms with E-state index in [1.54, 1.807) is 6.92 Å². The summed E-state index contributed by atoms with van der Waals surface area (Å²) in [5, 5.41) is 0. The number of rotatable bonds is 6.